The van der Waals surface area contributed by atoms with E-state index >= 15 is 0 Å². The number of hydrogen-bond donors (Lipinski definition) is 1. The molecule has 18 heavy (non-hydrogen) atoms. The van der Waals surface area contributed by atoms with Crippen LogP contribution in [0.5, 0.6) is 11.8 Å². The van der Waals surface area contributed by atoms with E-state index in [0.29, 0.717) is 30.7 Å². The molecule has 2 N–H and O–H groups in total. The smallest absolute Gasteiger partial charge is 0.244 e. The first kappa shape index (κ1) is 14.5. The number of nitrogens with two attached hydrogens (primary N) is 1. The van der Waals surface area contributed by atoms with E-state index in [9.17, 15) is 0 Å². The summed E-state index contributed by atoms with van der Waals surface area (Å²) in [5, 5.41) is 0. The molecule has 0 aliphatic heterocycles. The average molecular weight is 253 g/mol. The fourth-order valence-electron chi connectivity index (χ4n) is 1.25. The van der Waals surface area contributed by atoms with Gasteiger partial charge in [-0.1, -0.05) is 27.7 Å². The van der Waals surface area contributed by atoms with Crippen molar-refractivity contribution in [2.75, 3.05) is 18.9 Å². The summed E-state index contributed by atoms with van der Waals surface area (Å²) < 4.78 is 11.0. The van der Waals surface area contributed by atoms with Gasteiger partial charge in [0.2, 0.25) is 11.8 Å². The molecule has 0 unspecified atom stereocenters. The van der Waals surface area contributed by atoms with Crippen molar-refractivity contribution in [3.63, 3.8) is 0 Å². The Morgan fingerprint density at radius 3 is 2.17 bits per heavy atom. The number of hydrogen-bond acceptors (Lipinski definition) is 5. The number of ether oxygens (including phenoxy) is 2. The molecule has 0 aliphatic carbocycles. The van der Waals surface area contributed by atoms with Crippen molar-refractivity contribution in [3.8, 4) is 11.8 Å². The Morgan fingerprint density at radius 2 is 1.67 bits per heavy atom. The standard InChI is InChI=1S/C13H23N3O2/c1-5-7-17-11-10(14)12(16-9-15-11)18-8-6-13(2,3)4/h9H,5-8,14H2,1-4H3. The second-order valence-corrected chi connectivity index (χ2v) is 5.41. The summed E-state index contributed by atoms with van der Waals surface area (Å²) in [4.78, 5) is 8.02. The molecule has 0 radical (unpaired) electrons. The van der Waals surface area contributed by atoms with Gasteiger partial charge in [-0.2, -0.15) is 9.97 Å². The normalized spacial score (nSPS) is 11.3. The van der Waals surface area contributed by atoms with Crippen molar-refractivity contribution >= 4 is 5.69 Å². The molecule has 0 amide bonds. The fraction of sp³-hybridized carbons (Fsp3) is 0.692. The molecule has 0 spiro atoms. The van der Waals surface area contributed by atoms with Gasteiger partial charge < -0.3 is 15.2 Å². The molecular formula is C13H23N3O2. The van der Waals surface area contributed by atoms with Gasteiger partial charge in [0.05, 0.1) is 13.2 Å². The molecule has 1 aromatic rings. The Balaban J connectivity index is 2.60. The maximum absolute atomic E-state index is 5.90. The summed E-state index contributed by atoms with van der Waals surface area (Å²) in [5.74, 6) is 0.804. The van der Waals surface area contributed by atoms with Crippen LogP contribution in [0.3, 0.4) is 0 Å². The summed E-state index contributed by atoms with van der Waals surface area (Å²) >= 11 is 0. The largest absolute Gasteiger partial charge is 0.476 e. The van der Waals surface area contributed by atoms with Crippen LogP contribution in [0.4, 0.5) is 5.69 Å². The number of nitrogen functional groups attached to an aromatic ring is 1. The monoisotopic (exact) mass is 253 g/mol. The Morgan fingerprint density at radius 1 is 1.11 bits per heavy atom. The van der Waals surface area contributed by atoms with Gasteiger partial charge in [-0.05, 0) is 18.3 Å². The van der Waals surface area contributed by atoms with E-state index in [-0.39, 0.29) is 5.41 Å². The molecule has 1 rings (SSSR count). The van der Waals surface area contributed by atoms with Gasteiger partial charge in [-0.3, -0.25) is 0 Å². The Bertz CT molecular complexity index is 375. The van der Waals surface area contributed by atoms with Crippen LogP contribution in [0, 0.1) is 5.41 Å². The van der Waals surface area contributed by atoms with Gasteiger partial charge in [0, 0.05) is 0 Å². The molecule has 1 heterocycles. The summed E-state index contributed by atoms with van der Waals surface area (Å²) in [6.07, 6.45) is 3.25. The van der Waals surface area contributed by atoms with Crippen LogP contribution < -0.4 is 15.2 Å². The van der Waals surface area contributed by atoms with Gasteiger partial charge in [-0.15, -0.1) is 0 Å². The molecule has 0 aliphatic rings. The topological polar surface area (TPSA) is 70.3 Å². The van der Waals surface area contributed by atoms with Gasteiger partial charge in [0.1, 0.15) is 6.33 Å². The first-order chi connectivity index (χ1) is 8.44. The average Bonchev–Trinajstić information content (AvgIpc) is 2.28. The zero-order valence-corrected chi connectivity index (χ0v) is 11.7. The quantitative estimate of drug-likeness (QED) is 0.844. The van der Waals surface area contributed by atoms with Crippen LogP contribution in [0.15, 0.2) is 6.33 Å². The fourth-order valence-corrected chi connectivity index (χ4v) is 1.25. The highest BCUT2D eigenvalue weighted by molar-refractivity contribution is 5.55. The zero-order chi connectivity index (χ0) is 13.6. The van der Waals surface area contributed by atoms with Gasteiger partial charge in [0.15, 0.2) is 5.69 Å². The van der Waals surface area contributed by atoms with Crippen LogP contribution in [-0.4, -0.2) is 23.2 Å². The van der Waals surface area contributed by atoms with E-state index in [2.05, 4.69) is 30.7 Å². The third-order valence-electron chi connectivity index (χ3n) is 2.34. The zero-order valence-electron chi connectivity index (χ0n) is 11.7. The number of aromatic nitrogens is 2. The Hall–Kier alpha value is -1.52. The third kappa shape index (κ3) is 4.77. The summed E-state index contributed by atoms with van der Waals surface area (Å²) in [5.41, 5.74) is 6.50. The van der Waals surface area contributed by atoms with E-state index < -0.39 is 0 Å². The van der Waals surface area contributed by atoms with Crippen LogP contribution in [0.1, 0.15) is 40.5 Å². The van der Waals surface area contributed by atoms with E-state index in [1.165, 1.54) is 6.33 Å². The third-order valence-corrected chi connectivity index (χ3v) is 2.34. The molecule has 0 saturated heterocycles. The first-order valence-electron chi connectivity index (χ1n) is 6.30. The SMILES string of the molecule is CCCOc1ncnc(OCCC(C)(C)C)c1N. The number of nitrogens with zero attached hydrogens (tertiary/aromatic N) is 2. The molecule has 0 fully saturated rings. The Labute approximate surface area is 109 Å². The van der Waals surface area contributed by atoms with Crippen LogP contribution >= 0.6 is 0 Å². The molecule has 0 bridgehead atoms. The summed E-state index contributed by atoms with van der Waals surface area (Å²) in [6, 6.07) is 0. The predicted molar refractivity (Wildman–Crippen MR) is 71.8 cm³/mol. The summed E-state index contributed by atoms with van der Waals surface area (Å²) in [6.45, 7) is 9.68. The minimum absolute atomic E-state index is 0.226. The number of anilines is 1. The number of rotatable bonds is 6. The molecular weight excluding hydrogens is 230 g/mol. The highest BCUT2D eigenvalue weighted by Crippen LogP contribution is 2.27. The van der Waals surface area contributed by atoms with Crippen molar-refractivity contribution in [1.29, 1.82) is 0 Å². The molecule has 0 saturated carbocycles. The lowest BCUT2D eigenvalue weighted by Crippen LogP contribution is -2.13. The predicted octanol–water partition coefficient (Wildman–Crippen LogP) is 2.66. The van der Waals surface area contributed by atoms with Crippen molar-refractivity contribution in [2.24, 2.45) is 5.41 Å². The van der Waals surface area contributed by atoms with Gasteiger partial charge >= 0.3 is 0 Å². The van der Waals surface area contributed by atoms with Gasteiger partial charge in [-0.25, -0.2) is 0 Å². The van der Waals surface area contributed by atoms with Crippen molar-refractivity contribution in [3.05, 3.63) is 6.33 Å². The van der Waals surface area contributed by atoms with Crippen molar-refractivity contribution in [1.82, 2.24) is 9.97 Å². The molecule has 0 aromatic carbocycles. The minimum atomic E-state index is 0.226. The maximum atomic E-state index is 5.90. The molecule has 0 atom stereocenters. The molecule has 1 aromatic heterocycles. The van der Waals surface area contributed by atoms with E-state index in [4.69, 9.17) is 15.2 Å². The van der Waals surface area contributed by atoms with E-state index in [1.807, 2.05) is 6.92 Å². The van der Waals surface area contributed by atoms with Crippen molar-refractivity contribution in [2.45, 2.75) is 40.5 Å². The van der Waals surface area contributed by atoms with E-state index in [1.54, 1.807) is 0 Å². The Kier molecular flexibility index (Phi) is 5.19. The van der Waals surface area contributed by atoms with E-state index in [0.717, 1.165) is 12.8 Å². The molecule has 5 heteroatoms. The van der Waals surface area contributed by atoms with Crippen LogP contribution in [0.25, 0.3) is 0 Å². The maximum Gasteiger partial charge on any atom is 0.244 e. The second-order valence-electron chi connectivity index (χ2n) is 5.41. The molecule has 5 nitrogen and oxygen atoms in total. The van der Waals surface area contributed by atoms with Crippen molar-refractivity contribution < 1.29 is 9.47 Å². The van der Waals surface area contributed by atoms with Gasteiger partial charge in [0.25, 0.3) is 0 Å². The highest BCUT2D eigenvalue weighted by Gasteiger charge is 2.13. The second kappa shape index (κ2) is 6.42. The van der Waals surface area contributed by atoms with Crippen LogP contribution in [0.2, 0.25) is 0 Å². The lowest BCUT2D eigenvalue weighted by Gasteiger charge is -2.18. The highest BCUT2D eigenvalue weighted by atomic mass is 16.5. The van der Waals surface area contributed by atoms with Crippen LogP contribution in [-0.2, 0) is 0 Å². The summed E-state index contributed by atoms with van der Waals surface area (Å²) in [7, 11) is 0. The first-order valence-corrected chi connectivity index (χ1v) is 6.30. The lowest BCUT2D eigenvalue weighted by molar-refractivity contribution is 0.235. The minimum Gasteiger partial charge on any atom is -0.476 e. The molecule has 102 valence electrons. The lowest BCUT2D eigenvalue weighted by atomic mass is 9.93.